The van der Waals surface area contributed by atoms with Crippen molar-refractivity contribution in [3.05, 3.63) is 99.2 Å². The first kappa shape index (κ1) is 22.8. The van der Waals surface area contributed by atoms with Crippen LogP contribution in [0, 0.1) is 20.8 Å². The van der Waals surface area contributed by atoms with E-state index in [9.17, 15) is 9.59 Å². The summed E-state index contributed by atoms with van der Waals surface area (Å²) in [4.78, 5) is 28.6. The van der Waals surface area contributed by atoms with Gasteiger partial charge in [0, 0.05) is 10.7 Å². The molecule has 1 heterocycles. The van der Waals surface area contributed by atoms with Crippen molar-refractivity contribution < 1.29 is 9.59 Å². The Kier molecular flexibility index (Phi) is 6.13. The van der Waals surface area contributed by atoms with Gasteiger partial charge in [0.1, 0.15) is 5.70 Å². The number of carbonyl (C=O) groups excluding carboxylic acids is 2. The minimum atomic E-state index is -0.383. The molecule has 0 saturated heterocycles. The van der Waals surface area contributed by atoms with Crippen molar-refractivity contribution in [1.29, 1.82) is 0 Å². The van der Waals surface area contributed by atoms with Crippen LogP contribution in [0.4, 0.5) is 11.4 Å². The molecule has 3 aromatic rings. The molecule has 0 unspecified atom stereocenters. The molecule has 4 nitrogen and oxygen atoms in total. The van der Waals surface area contributed by atoms with Crippen molar-refractivity contribution in [2.75, 3.05) is 10.2 Å². The molecule has 1 aliphatic heterocycles. The number of imide groups is 1. The van der Waals surface area contributed by atoms with Gasteiger partial charge in [0.15, 0.2) is 0 Å². The number of halogens is 1. The van der Waals surface area contributed by atoms with Crippen LogP contribution in [0.2, 0.25) is 5.02 Å². The summed E-state index contributed by atoms with van der Waals surface area (Å²) >= 11 is 6.31. The molecule has 0 atom stereocenters. The molecule has 3 aromatic carbocycles. The number of amides is 2. The predicted molar refractivity (Wildman–Crippen MR) is 136 cm³/mol. The zero-order valence-corrected chi connectivity index (χ0v) is 20.2. The maximum absolute atomic E-state index is 13.7. The molecular weight excluding hydrogens is 432 g/mol. The highest BCUT2D eigenvalue weighted by atomic mass is 35.5. The fourth-order valence-electron chi connectivity index (χ4n) is 4.11. The molecule has 0 bridgehead atoms. The van der Waals surface area contributed by atoms with E-state index in [0.29, 0.717) is 27.9 Å². The maximum Gasteiger partial charge on any atom is 0.282 e. The SMILES string of the molecule is Cc1ccc(C2=C(Nc3cccc(Cl)c3C)C(=O)N(c3ccc(C(C)C)cc3)C2=O)c(C)c1. The first-order valence-corrected chi connectivity index (χ1v) is 11.4. The minimum absolute atomic E-state index is 0.255. The standard InChI is InChI=1S/C28H27ClN2O2/c1-16(2)20-10-12-21(13-11-20)31-27(32)25(22-14-9-17(3)15-18(22)4)26(28(31)33)30-24-8-6-7-23(29)19(24)5/h6-16,30H,1-5H3. The van der Waals surface area contributed by atoms with Crippen LogP contribution in [0.1, 0.15) is 47.6 Å². The summed E-state index contributed by atoms with van der Waals surface area (Å²) in [6.07, 6.45) is 0. The molecule has 0 radical (unpaired) electrons. The Balaban J connectivity index is 1.85. The van der Waals surface area contributed by atoms with Crippen molar-refractivity contribution in [2.24, 2.45) is 0 Å². The van der Waals surface area contributed by atoms with Crippen molar-refractivity contribution in [3.63, 3.8) is 0 Å². The van der Waals surface area contributed by atoms with E-state index in [1.54, 1.807) is 6.07 Å². The molecule has 0 aliphatic carbocycles. The third-order valence-electron chi connectivity index (χ3n) is 6.08. The normalized spacial score (nSPS) is 14.0. The van der Waals surface area contributed by atoms with Gasteiger partial charge in [0.05, 0.1) is 11.3 Å². The maximum atomic E-state index is 13.7. The Labute approximate surface area is 199 Å². The smallest absolute Gasteiger partial charge is 0.282 e. The minimum Gasteiger partial charge on any atom is -0.350 e. The highest BCUT2D eigenvalue weighted by molar-refractivity contribution is 6.46. The number of hydrogen-bond acceptors (Lipinski definition) is 3. The number of nitrogens with zero attached hydrogens (tertiary/aromatic N) is 1. The van der Waals surface area contributed by atoms with Gasteiger partial charge in [-0.15, -0.1) is 0 Å². The summed E-state index contributed by atoms with van der Waals surface area (Å²) in [5, 5.41) is 3.82. The number of benzene rings is 3. The first-order valence-electron chi connectivity index (χ1n) is 11.0. The molecule has 33 heavy (non-hydrogen) atoms. The van der Waals surface area contributed by atoms with Crippen LogP contribution in [0.25, 0.3) is 5.57 Å². The fraction of sp³-hybridized carbons (Fsp3) is 0.214. The second kappa shape index (κ2) is 8.87. The molecule has 168 valence electrons. The third-order valence-corrected chi connectivity index (χ3v) is 6.49. The van der Waals surface area contributed by atoms with Gasteiger partial charge < -0.3 is 5.32 Å². The Morgan fingerprint density at radius 3 is 2.21 bits per heavy atom. The van der Waals surface area contributed by atoms with E-state index in [4.69, 9.17) is 11.6 Å². The van der Waals surface area contributed by atoms with Crippen LogP contribution < -0.4 is 10.2 Å². The van der Waals surface area contributed by atoms with Crippen LogP contribution in [0.3, 0.4) is 0 Å². The van der Waals surface area contributed by atoms with Gasteiger partial charge >= 0.3 is 0 Å². The van der Waals surface area contributed by atoms with E-state index >= 15 is 0 Å². The van der Waals surface area contributed by atoms with E-state index in [1.165, 1.54) is 4.90 Å². The average molecular weight is 459 g/mol. The number of aryl methyl sites for hydroxylation is 2. The zero-order chi connectivity index (χ0) is 23.9. The molecule has 0 fully saturated rings. The second-order valence-corrected chi connectivity index (χ2v) is 9.20. The number of rotatable bonds is 5. The summed E-state index contributed by atoms with van der Waals surface area (Å²) in [5.74, 6) is -0.367. The second-order valence-electron chi connectivity index (χ2n) is 8.80. The number of carbonyl (C=O) groups is 2. The molecule has 0 spiro atoms. The summed E-state index contributed by atoms with van der Waals surface area (Å²) in [6, 6.07) is 18.9. The van der Waals surface area contributed by atoms with Crippen molar-refractivity contribution in [2.45, 2.75) is 40.5 Å². The van der Waals surface area contributed by atoms with E-state index < -0.39 is 0 Å². The van der Waals surface area contributed by atoms with Crippen molar-refractivity contribution in [1.82, 2.24) is 0 Å². The third kappa shape index (κ3) is 4.19. The molecule has 2 amide bonds. The van der Waals surface area contributed by atoms with Gasteiger partial charge in [0.25, 0.3) is 11.8 Å². The Morgan fingerprint density at radius 2 is 1.58 bits per heavy atom. The first-order chi connectivity index (χ1) is 15.7. The van der Waals surface area contributed by atoms with E-state index in [-0.39, 0.29) is 17.5 Å². The van der Waals surface area contributed by atoms with Gasteiger partial charge in [-0.05, 0) is 73.2 Å². The zero-order valence-electron chi connectivity index (χ0n) is 19.5. The van der Waals surface area contributed by atoms with Gasteiger partial charge in [0.2, 0.25) is 0 Å². The van der Waals surface area contributed by atoms with Crippen molar-refractivity contribution >= 4 is 40.4 Å². The Hall–Kier alpha value is -3.37. The number of nitrogens with one attached hydrogen (secondary N) is 1. The lowest BCUT2D eigenvalue weighted by Crippen LogP contribution is -2.32. The van der Waals surface area contributed by atoms with Gasteiger partial charge in [-0.3, -0.25) is 9.59 Å². The van der Waals surface area contributed by atoms with E-state index in [2.05, 4.69) is 19.2 Å². The lowest BCUT2D eigenvalue weighted by molar-refractivity contribution is -0.120. The summed E-state index contributed by atoms with van der Waals surface area (Å²) in [7, 11) is 0. The highest BCUT2D eigenvalue weighted by Gasteiger charge is 2.40. The van der Waals surface area contributed by atoms with Crippen LogP contribution in [0.15, 0.2) is 66.4 Å². The highest BCUT2D eigenvalue weighted by Crippen LogP contribution is 2.36. The average Bonchev–Trinajstić information content (AvgIpc) is 3.01. The topological polar surface area (TPSA) is 49.4 Å². The number of hydrogen-bond donors (Lipinski definition) is 1. The van der Waals surface area contributed by atoms with Gasteiger partial charge in [-0.2, -0.15) is 0 Å². The monoisotopic (exact) mass is 458 g/mol. The lowest BCUT2D eigenvalue weighted by atomic mass is 9.97. The summed E-state index contributed by atoms with van der Waals surface area (Å²) < 4.78 is 0. The number of anilines is 2. The molecule has 0 aromatic heterocycles. The van der Waals surface area contributed by atoms with Crippen LogP contribution in [-0.4, -0.2) is 11.8 Å². The molecule has 5 heteroatoms. The van der Waals surface area contributed by atoms with E-state index in [0.717, 1.165) is 27.8 Å². The molecular formula is C28H27ClN2O2. The largest absolute Gasteiger partial charge is 0.350 e. The molecule has 1 N–H and O–H groups in total. The van der Waals surface area contributed by atoms with Gasteiger partial charge in [-0.25, -0.2) is 4.90 Å². The van der Waals surface area contributed by atoms with Gasteiger partial charge in [-0.1, -0.05) is 67.4 Å². The van der Waals surface area contributed by atoms with Crippen LogP contribution in [-0.2, 0) is 9.59 Å². The van der Waals surface area contributed by atoms with Crippen molar-refractivity contribution in [3.8, 4) is 0 Å². The molecule has 1 aliphatic rings. The van der Waals surface area contributed by atoms with Crippen LogP contribution >= 0.6 is 11.6 Å². The Morgan fingerprint density at radius 1 is 0.879 bits per heavy atom. The summed E-state index contributed by atoms with van der Waals surface area (Å²) in [5.41, 5.74) is 6.59. The van der Waals surface area contributed by atoms with E-state index in [1.807, 2.05) is 75.4 Å². The summed E-state index contributed by atoms with van der Waals surface area (Å²) in [6.45, 7) is 10.1. The molecule has 0 saturated carbocycles. The van der Waals surface area contributed by atoms with Crippen LogP contribution in [0.5, 0.6) is 0 Å². The lowest BCUT2D eigenvalue weighted by Gasteiger charge is -2.17. The molecule has 4 rings (SSSR count). The predicted octanol–water partition coefficient (Wildman–Crippen LogP) is 6.79. The fourth-order valence-corrected chi connectivity index (χ4v) is 4.28. The Bertz CT molecular complexity index is 1290. The quantitative estimate of drug-likeness (QED) is 0.428.